The van der Waals surface area contributed by atoms with Crippen LogP contribution in [0.2, 0.25) is 0 Å². The molecule has 0 amide bonds. The van der Waals surface area contributed by atoms with Gasteiger partial charge >= 0.3 is 11.9 Å². The Morgan fingerprint density at radius 3 is 2.43 bits per heavy atom. The number of hydrogen-bond donors (Lipinski definition) is 0. The molecule has 5 rings (SSSR count). The Morgan fingerprint density at radius 1 is 1.05 bits per heavy atom. The largest absolute Gasteiger partial charge is 0.496 e. The van der Waals surface area contributed by atoms with E-state index >= 15 is 0 Å². The lowest BCUT2D eigenvalue weighted by molar-refractivity contribution is -0.139. The summed E-state index contributed by atoms with van der Waals surface area (Å²) >= 11 is 4.72. The van der Waals surface area contributed by atoms with E-state index < -0.39 is 12.0 Å². The minimum atomic E-state index is -0.755. The van der Waals surface area contributed by atoms with Gasteiger partial charge in [0.1, 0.15) is 17.3 Å². The quantitative estimate of drug-likeness (QED) is 0.247. The highest BCUT2D eigenvalue weighted by Crippen LogP contribution is 2.35. The van der Waals surface area contributed by atoms with Gasteiger partial charge in [0, 0.05) is 11.6 Å². The van der Waals surface area contributed by atoms with Crippen molar-refractivity contribution in [3.63, 3.8) is 0 Å². The van der Waals surface area contributed by atoms with Gasteiger partial charge in [-0.1, -0.05) is 29.5 Å². The molecule has 3 heterocycles. The van der Waals surface area contributed by atoms with Crippen molar-refractivity contribution in [2.45, 2.75) is 26.8 Å². The summed E-state index contributed by atoms with van der Waals surface area (Å²) in [6, 6.07) is 15.1. The van der Waals surface area contributed by atoms with Crippen LogP contribution < -0.4 is 19.6 Å². The number of carbonyl (C=O) groups is 2. The second-order valence-corrected chi connectivity index (χ2v) is 11.1. The SMILES string of the molecule is CCOC(=O)C1=C(C)N=c2s/c(=C/c3ccc(-c4ccc(C(=O)OCC)cc4)o3)c(=O)n2[C@H]1c1ccc(OC)c(Br)c1. The minimum absolute atomic E-state index is 0.186. The smallest absolute Gasteiger partial charge is 0.338 e. The van der Waals surface area contributed by atoms with E-state index in [0.29, 0.717) is 60.1 Å². The van der Waals surface area contributed by atoms with Crippen LogP contribution in [0, 0.1) is 0 Å². The molecule has 42 heavy (non-hydrogen) atoms. The Morgan fingerprint density at radius 2 is 1.76 bits per heavy atom. The topological polar surface area (TPSA) is 109 Å². The Labute approximate surface area is 253 Å². The predicted molar refractivity (Wildman–Crippen MR) is 161 cm³/mol. The third-order valence-electron chi connectivity index (χ3n) is 6.59. The first kappa shape index (κ1) is 29.3. The molecule has 11 heteroatoms. The zero-order chi connectivity index (χ0) is 30.0. The monoisotopic (exact) mass is 650 g/mol. The fraction of sp³-hybridized carbons (Fsp3) is 0.226. The number of rotatable bonds is 8. The number of hydrogen-bond acceptors (Lipinski definition) is 9. The van der Waals surface area contributed by atoms with Crippen LogP contribution >= 0.6 is 27.3 Å². The van der Waals surface area contributed by atoms with Gasteiger partial charge in [0.15, 0.2) is 4.80 Å². The second-order valence-electron chi connectivity index (χ2n) is 9.20. The summed E-state index contributed by atoms with van der Waals surface area (Å²) in [5.41, 5.74) is 2.36. The third-order valence-corrected chi connectivity index (χ3v) is 8.19. The van der Waals surface area contributed by atoms with Crippen molar-refractivity contribution in [3.8, 4) is 17.1 Å². The molecule has 0 radical (unpaired) electrons. The van der Waals surface area contributed by atoms with Crippen molar-refractivity contribution in [1.29, 1.82) is 0 Å². The van der Waals surface area contributed by atoms with Gasteiger partial charge in [-0.25, -0.2) is 14.6 Å². The number of furan rings is 1. The first-order valence-corrected chi connectivity index (χ1v) is 14.8. The van der Waals surface area contributed by atoms with Crippen molar-refractivity contribution < 1.29 is 28.2 Å². The number of benzene rings is 2. The van der Waals surface area contributed by atoms with Crippen LogP contribution in [0.15, 0.2) is 84.5 Å². The van der Waals surface area contributed by atoms with Crippen LogP contribution in [-0.4, -0.2) is 36.8 Å². The number of ether oxygens (including phenoxy) is 3. The molecule has 1 atom stereocenters. The van der Waals surface area contributed by atoms with Crippen LogP contribution in [0.25, 0.3) is 17.4 Å². The fourth-order valence-corrected chi connectivity index (χ4v) is 6.24. The van der Waals surface area contributed by atoms with Crippen LogP contribution in [0.3, 0.4) is 0 Å². The maximum Gasteiger partial charge on any atom is 0.338 e. The van der Waals surface area contributed by atoms with E-state index in [2.05, 4.69) is 20.9 Å². The standard InChI is InChI=1S/C31H27BrN2O7S/c1-5-39-29(36)19-9-7-18(8-10-19)23-14-12-21(41-23)16-25-28(35)34-27(20-11-13-24(38-4)22(32)15-20)26(30(37)40-6-2)17(3)33-31(34)42-25/h7-16,27H,5-6H2,1-4H3/b25-16+/t27-/m0/s1. The Hall–Kier alpha value is -4.22. The van der Waals surface area contributed by atoms with E-state index in [-0.39, 0.29) is 18.1 Å². The minimum Gasteiger partial charge on any atom is -0.496 e. The summed E-state index contributed by atoms with van der Waals surface area (Å²) in [6.45, 7) is 5.71. The lowest BCUT2D eigenvalue weighted by Gasteiger charge is -2.25. The van der Waals surface area contributed by atoms with Gasteiger partial charge < -0.3 is 18.6 Å². The summed E-state index contributed by atoms with van der Waals surface area (Å²) < 4.78 is 24.4. The third kappa shape index (κ3) is 5.62. The molecule has 216 valence electrons. The van der Waals surface area contributed by atoms with Crippen molar-refractivity contribution in [3.05, 3.63) is 107 Å². The molecule has 0 N–H and O–H groups in total. The highest BCUT2D eigenvalue weighted by Gasteiger charge is 2.33. The average Bonchev–Trinajstić information content (AvgIpc) is 3.56. The maximum atomic E-state index is 13.9. The van der Waals surface area contributed by atoms with Crippen LogP contribution in [0.1, 0.15) is 48.5 Å². The molecule has 2 aromatic carbocycles. The highest BCUT2D eigenvalue weighted by molar-refractivity contribution is 9.10. The molecule has 4 aromatic rings. The average molecular weight is 652 g/mol. The second kappa shape index (κ2) is 12.3. The van der Waals surface area contributed by atoms with Crippen molar-refractivity contribution >= 4 is 45.3 Å². The molecular weight excluding hydrogens is 624 g/mol. The Balaban J connectivity index is 1.56. The zero-order valence-electron chi connectivity index (χ0n) is 23.3. The molecule has 1 aliphatic rings. The number of methoxy groups -OCH3 is 1. The summed E-state index contributed by atoms with van der Waals surface area (Å²) in [5.74, 6) is 0.741. The number of aromatic nitrogens is 1. The van der Waals surface area contributed by atoms with Crippen molar-refractivity contribution in [2.24, 2.45) is 4.99 Å². The molecule has 0 saturated carbocycles. The first-order valence-electron chi connectivity index (χ1n) is 13.2. The summed E-state index contributed by atoms with van der Waals surface area (Å²) in [6.07, 6.45) is 1.66. The predicted octanol–water partition coefficient (Wildman–Crippen LogP) is 5.01. The molecule has 0 saturated heterocycles. The number of esters is 2. The highest BCUT2D eigenvalue weighted by atomic mass is 79.9. The Bertz CT molecular complexity index is 1880. The van der Waals surface area contributed by atoms with Gasteiger partial charge in [-0.2, -0.15) is 0 Å². The van der Waals surface area contributed by atoms with E-state index in [4.69, 9.17) is 18.6 Å². The molecule has 0 aliphatic carbocycles. The number of nitrogens with zero attached hydrogens (tertiary/aromatic N) is 2. The number of fused-ring (bicyclic) bond motifs is 1. The van der Waals surface area contributed by atoms with E-state index in [1.165, 1.54) is 15.9 Å². The van der Waals surface area contributed by atoms with Crippen LogP contribution in [0.4, 0.5) is 0 Å². The normalized spacial score (nSPS) is 14.8. The van der Waals surface area contributed by atoms with E-state index in [9.17, 15) is 14.4 Å². The first-order chi connectivity index (χ1) is 20.2. The van der Waals surface area contributed by atoms with E-state index in [0.717, 1.165) is 5.56 Å². The number of carbonyl (C=O) groups excluding carboxylic acids is 2. The van der Waals surface area contributed by atoms with Crippen LogP contribution in [-0.2, 0) is 14.3 Å². The molecule has 1 aliphatic heterocycles. The van der Waals surface area contributed by atoms with Gasteiger partial charge in [-0.15, -0.1) is 0 Å². The van der Waals surface area contributed by atoms with Gasteiger partial charge in [-0.05, 0) is 78.7 Å². The van der Waals surface area contributed by atoms with E-state index in [1.807, 2.05) is 12.1 Å². The number of allylic oxidation sites excluding steroid dienone is 1. The van der Waals surface area contributed by atoms with Gasteiger partial charge in [-0.3, -0.25) is 9.36 Å². The van der Waals surface area contributed by atoms with Gasteiger partial charge in [0.2, 0.25) is 0 Å². The molecule has 0 bridgehead atoms. The lowest BCUT2D eigenvalue weighted by Crippen LogP contribution is -2.39. The molecule has 0 unspecified atom stereocenters. The summed E-state index contributed by atoms with van der Waals surface area (Å²) in [4.78, 5) is 44.0. The van der Waals surface area contributed by atoms with E-state index in [1.54, 1.807) is 76.4 Å². The summed E-state index contributed by atoms with van der Waals surface area (Å²) in [7, 11) is 1.56. The summed E-state index contributed by atoms with van der Waals surface area (Å²) in [5, 5.41) is 0. The fourth-order valence-electron chi connectivity index (χ4n) is 4.66. The lowest BCUT2D eigenvalue weighted by atomic mass is 9.96. The molecular formula is C31H27BrN2O7S. The number of thiazole rings is 1. The van der Waals surface area contributed by atoms with Gasteiger partial charge in [0.25, 0.3) is 5.56 Å². The van der Waals surface area contributed by atoms with Crippen molar-refractivity contribution in [2.75, 3.05) is 20.3 Å². The Kier molecular flexibility index (Phi) is 8.60. The molecule has 0 spiro atoms. The number of halogens is 1. The van der Waals surface area contributed by atoms with Crippen LogP contribution in [0.5, 0.6) is 5.75 Å². The van der Waals surface area contributed by atoms with Gasteiger partial charge in [0.05, 0.1) is 52.2 Å². The van der Waals surface area contributed by atoms with Crippen molar-refractivity contribution in [1.82, 2.24) is 4.57 Å². The molecule has 9 nitrogen and oxygen atoms in total. The molecule has 0 fully saturated rings. The molecule has 2 aromatic heterocycles. The maximum absolute atomic E-state index is 13.9. The zero-order valence-corrected chi connectivity index (χ0v) is 25.7.